The van der Waals surface area contributed by atoms with Crippen molar-refractivity contribution in [3.63, 3.8) is 0 Å². The molecule has 2 fully saturated rings. The molecule has 31 heavy (non-hydrogen) atoms. The van der Waals surface area contributed by atoms with Gasteiger partial charge < -0.3 is 14.9 Å². The third kappa shape index (κ3) is 5.23. The topological polar surface area (TPSA) is 120 Å². The van der Waals surface area contributed by atoms with Gasteiger partial charge in [-0.3, -0.25) is 4.79 Å². The van der Waals surface area contributed by atoms with Crippen LogP contribution in [0, 0.1) is 0 Å². The fourth-order valence-electron chi connectivity index (χ4n) is 2.98. The Balaban J connectivity index is 1.57. The molecule has 2 aromatic rings. The standard InChI is InChI=1S/C20H22N4O5S2/c1-30-18-11-21-17(10-22-18)23-20(25)19(24-29-14-8-9-28-12-14)13-2-4-15(5-3-13)31(26,27)16-6-7-16/h2-5,10-11,14,16H,6-9,12H2,1H3,(H,21,23,25)/t14-/m1/s1. The Labute approximate surface area is 184 Å². The first-order chi connectivity index (χ1) is 15.0. The van der Waals surface area contributed by atoms with E-state index in [0.29, 0.717) is 38.0 Å². The van der Waals surface area contributed by atoms with Gasteiger partial charge in [-0.1, -0.05) is 17.3 Å². The Morgan fingerprint density at radius 3 is 2.55 bits per heavy atom. The molecule has 1 amide bonds. The summed E-state index contributed by atoms with van der Waals surface area (Å²) in [4.78, 5) is 27.0. The summed E-state index contributed by atoms with van der Waals surface area (Å²) in [6.45, 7) is 0.978. The number of hydrogen-bond acceptors (Lipinski definition) is 9. The van der Waals surface area contributed by atoms with Crippen LogP contribution in [0.1, 0.15) is 24.8 Å². The summed E-state index contributed by atoms with van der Waals surface area (Å²) in [6, 6.07) is 6.12. The molecule has 1 saturated heterocycles. The molecule has 9 nitrogen and oxygen atoms in total. The minimum atomic E-state index is -3.32. The maximum Gasteiger partial charge on any atom is 0.279 e. The summed E-state index contributed by atoms with van der Waals surface area (Å²) in [5, 5.41) is 7.15. The fourth-order valence-corrected chi connectivity index (χ4v) is 4.96. The van der Waals surface area contributed by atoms with Gasteiger partial charge in [-0.05, 0) is 31.2 Å². The molecule has 1 aromatic heterocycles. The van der Waals surface area contributed by atoms with Crippen LogP contribution in [-0.4, -0.2) is 60.8 Å². The normalized spacial score (nSPS) is 19.3. The average molecular weight is 463 g/mol. The lowest BCUT2D eigenvalue weighted by molar-refractivity contribution is -0.110. The van der Waals surface area contributed by atoms with E-state index in [2.05, 4.69) is 20.4 Å². The number of hydrogen-bond donors (Lipinski definition) is 1. The third-order valence-electron chi connectivity index (χ3n) is 4.89. The highest BCUT2D eigenvalue weighted by atomic mass is 32.2. The van der Waals surface area contributed by atoms with Crippen LogP contribution in [-0.2, 0) is 24.2 Å². The lowest BCUT2D eigenvalue weighted by Crippen LogP contribution is -2.26. The number of amides is 1. The second-order valence-corrected chi connectivity index (χ2v) is 10.3. The van der Waals surface area contributed by atoms with Crippen molar-refractivity contribution in [3.05, 3.63) is 42.2 Å². The van der Waals surface area contributed by atoms with E-state index < -0.39 is 15.7 Å². The molecule has 2 heterocycles. The van der Waals surface area contributed by atoms with E-state index >= 15 is 0 Å². The molecule has 1 aliphatic carbocycles. The monoisotopic (exact) mass is 462 g/mol. The van der Waals surface area contributed by atoms with Gasteiger partial charge >= 0.3 is 0 Å². The van der Waals surface area contributed by atoms with Crippen LogP contribution in [0.15, 0.2) is 51.7 Å². The molecule has 1 saturated carbocycles. The number of aromatic nitrogens is 2. The smallest absolute Gasteiger partial charge is 0.279 e. The quantitative estimate of drug-likeness (QED) is 0.360. The van der Waals surface area contributed by atoms with E-state index in [1.165, 1.54) is 30.1 Å². The molecule has 4 rings (SSSR count). The first kappa shape index (κ1) is 21.7. The van der Waals surface area contributed by atoms with Crippen molar-refractivity contribution in [1.29, 1.82) is 0 Å². The predicted octanol–water partition coefficient (Wildman–Crippen LogP) is 2.28. The number of nitrogens with zero attached hydrogens (tertiary/aromatic N) is 3. The molecule has 1 atom stereocenters. The van der Waals surface area contributed by atoms with E-state index in [4.69, 9.17) is 9.57 Å². The molecule has 1 aliphatic heterocycles. The first-order valence-corrected chi connectivity index (χ1v) is 12.6. The Bertz CT molecular complexity index is 1060. The zero-order valence-electron chi connectivity index (χ0n) is 16.9. The van der Waals surface area contributed by atoms with Crippen molar-refractivity contribution in [3.8, 4) is 0 Å². The molecule has 11 heteroatoms. The molecule has 1 aromatic carbocycles. The molecule has 0 unspecified atom stereocenters. The maximum atomic E-state index is 12.9. The average Bonchev–Trinajstić information content (AvgIpc) is 3.52. The van der Waals surface area contributed by atoms with Crippen molar-refractivity contribution in [1.82, 2.24) is 9.97 Å². The second-order valence-electron chi connectivity index (χ2n) is 7.20. The van der Waals surface area contributed by atoms with Gasteiger partial charge in [-0.2, -0.15) is 0 Å². The second kappa shape index (κ2) is 9.33. The van der Waals surface area contributed by atoms with Crippen molar-refractivity contribution in [2.75, 3.05) is 24.8 Å². The number of anilines is 1. The molecule has 1 N–H and O–H groups in total. The zero-order valence-corrected chi connectivity index (χ0v) is 18.5. The van der Waals surface area contributed by atoms with Crippen LogP contribution in [0.5, 0.6) is 0 Å². The summed E-state index contributed by atoms with van der Waals surface area (Å²) in [5.74, 6) is -0.268. The van der Waals surface area contributed by atoms with Gasteiger partial charge in [-0.25, -0.2) is 18.4 Å². The van der Waals surface area contributed by atoms with Gasteiger partial charge in [0.25, 0.3) is 5.91 Å². The zero-order chi connectivity index (χ0) is 21.8. The van der Waals surface area contributed by atoms with Crippen molar-refractivity contribution in [2.24, 2.45) is 5.16 Å². The Morgan fingerprint density at radius 1 is 1.19 bits per heavy atom. The number of sulfone groups is 1. The van der Waals surface area contributed by atoms with Crippen molar-refractivity contribution < 1.29 is 22.8 Å². The minimum absolute atomic E-state index is 0.0120. The Morgan fingerprint density at radius 2 is 1.97 bits per heavy atom. The van der Waals surface area contributed by atoms with Crippen LogP contribution in [0.25, 0.3) is 0 Å². The molecule has 0 spiro atoms. The van der Waals surface area contributed by atoms with E-state index in [1.54, 1.807) is 18.3 Å². The molecular weight excluding hydrogens is 440 g/mol. The Kier molecular flexibility index (Phi) is 6.54. The van der Waals surface area contributed by atoms with E-state index in [9.17, 15) is 13.2 Å². The largest absolute Gasteiger partial charge is 0.389 e. The van der Waals surface area contributed by atoms with E-state index in [1.807, 2.05) is 6.26 Å². The van der Waals surface area contributed by atoms with Crippen LogP contribution in [0.3, 0.4) is 0 Å². The van der Waals surface area contributed by atoms with Crippen molar-refractivity contribution in [2.45, 2.75) is 40.5 Å². The molecule has 2 aliphatic rings. The summed E-state index contributed by atoms with van der Waals surface area (Å²) in [6.07, 6.45) is 6.71. The van der Waals surface area contributed by atoms with E-state index in [0.717, 1.165) is 5.03 Å². The van der Waals surface area contributed by atoms with Crippen LogP contribution in [0.4, 0.5) is 5.82 Å². The summed E-state index contributed by atoms with van der Waals surface area (Å²) < 4.78 is 30.1. The van der Waals surface area contributed by atoms with Gasteiger partial charge in [-0.15, -0.1) is 11.8 Å². The summed E-state index contributed by atoms with van der Waals surface area (Å²) >= 11 is 1.44. The molecule has 0 bridgehead atoms. The number of carbonyl (C=O) groups excluding carboxylic acids is 1. The third-order valence-corrected chi connectivity index (χ3v) is 7.80. The van der Waals surface area contributed by atoms with Crippen molar-refractivity contribution >= 4 is 39.0 Å². The first-order valence-electron chi connectivity index (χ1n) is 9.80. The number of carbonyl (C=O) groups is 1. The number of ether oxygens (including phenoxy) is 1. The Hall–Kier alpha value is -2.50. The van der Waals surface area contributed by atoms with E-state index in [-0.39, 0.29) is 27.8 Å². The van der Waals surface area contributed by atoms with Gasteiger partial charge in [0.05, 0.1) is 35.8 Å². The number of benzene rings is 1. The highest BCUT2D eigenvalue weighted by molar-refractivity contribution is 7.98. The van der Waals surface area contributed by atoms with Gasteiger partial charge in [0.15, 0.2) is 27.5 Å². The van der Waals surface area contributed by atoms with Gasteiger partial charge in [0.2, 0.25) is 0 Å². The number of thioether (sulfide) groups is 1. The summed E-state index contributed by atoms with van der Waals surface area (Å²) in [7, 11) is -3.32. The highest BCUT2D eigenvalue weighted by Gasteiger charge is 2.36. The van der Waals surface area contributed by atoms with Crippen LogP contribution in [0.2, 0.25) is 0 Å². The SMILES string of the molecule is CSc1cnc(NC(=O)C(=NO[C@@H]2CCOC2)c2ccc(S(=O)(=O)C3CC3)cc2)cn1. The molecule has 164 valence electrons. The maximum absolute atomic E-state index is 12.9. The number of rotatable bonds is 8. The highest BCUT2D eigenvalue weighted by Crippen LogP contribution is 2.33. The lowest BCUT2D eigenvalue weighted by Gasteiger charge is -2.11. The number of oxime groups is 1. The van der Waals surface area contributed by atoms with Gasteiger partial charge in [0.1, 0.15) is 5.03 Å². The van der Waals surface area contributed by atoms with Crippen LogP contribution < -0.4 is 5.32 Å². The number of nitrogens with one attached hydrogen (secondary N) is 1. The molecular formula is C20H22N4O5S2. The van der Waals surface area contributed by atoms with Crippen LogP contribution >= 0.6 is 11.8 Å². The predicted molar refractivity (Wildman–Crippen MR) is 116 cm³/mol. The minimum Gasteiger partial charge on any atom is -0.389 e. The molecule has 0 radical (unpaired) electrons. The summed E-state index contributed by atoms with van der Waals surface area (Å²) in [5.41, 5.74) is 0.442. The fraction of sp³-hybridized carbons (Fsp3) is 0.400. The lowest BCUT2D eigenvalue weighted by atomic mass is 10.1. The van der Waals surface area contributed by atoms with Gasteiger partial charge in [0, 0.05) is 12.0 Å².